The Morgan fingerprint density at radius 3 is 2.55 bits per heavy atom. The van der Waals surface area contributed by atoms with E-state index >= 15 is 0 Å². The molecule has 0 unspecified atom stereocenters. The molecule has 0 saturated carbocycles. The van der Waals surface area contributed by atoms with E-state index in [-0.39, 0.29) is 11.3 Å². The number of aryl methyl sites for hydroxylation is 1. The molecule has 0 spiro atoms. The van der Waals surface area contributed by atoms with E-state index < -0.39 is 5.63 Å². The molecule has 22 heavy (non-hydrogen) atoms. The summed E-state index contributed by atoms with van der Waals surface area (Å²) in [4.78, 5) is 24.1. The van der Waals surface area contributed by atoms with Crippen LogP contribution in [0.25, 0.3) is 17.0 Å². The summed E-state index contributed by atoms with van der Waals surface area (Å²) >= 11 is 0. The fourth-order valence-corrected chi connectivity index (χ4v) is 2.17. The number of rotatable bonds is 3. The van der Waals surface area contributed by atoms with Crippen molar-refractivity contribution in [1.82, 2.24) is 0 Å². The highest BCUT2D eigenvalue weighted by Gasteiger charge is 2.10. The average molecular weight is 290 g/mol. The van der Waals surface area contributed by atoms with E-state index in [1.807, 2.05) is 37.3 Å². The van der Waals surface area contributed by atoms with Crippen LogP contribution in [0.15, 0.2) is 69.9 Å². The van der Waals surface area contributed by atoms with Crippen molar-refractivity contribution in [3.63, 3.8) is 0 Å². The minimum Gasteiger partial charge on any atom is -0.422 e. The van der Waals surface area contributed by atoms with Crippen LogP contribution in [0.1, 0.15) is 21.5 Å². The van der Waals surface area contributed by atoms with Gasteiger partial charge in [-0.15, -0.1) is 0 Å². The second-order valence-electron chi connectivity index (χ2n) is 5.09. The maximum Gasteiger partial charge on any atom is 0.347 e. The molecule has 2 aromatic carbocycles. The molecule has 0 bridgehead atoms. The zero-order valence-electron chi connectivity index (χ0n) is 12.1. The minimum absolute atomic E-state index is 0.0436. The van der Waals surface area contributed by atoms with Gasteiger partial charge in [-0.3, -0.25) is 4.79 Å². The van der Waals surface area contributed by atoms with Crippen molar-refractivity contribution in [3.05, 3.63) is 87.8 Å². The maximum absolute atomic E-state index is 12.2. The van der Waals surface area contributed by atoms with Crippen molar-refractivity contribution in [2.24, 2.45) is 0 Å². The largest absolute Gasteiger partial charge is 0.422 e. The molecule has 0 radical (unpaired) electrons. The molecule has 0 aliphatic heterocycles. The van der Waals surface area contributed by atoms with Crippen LogP contribution < -0.4 is 5.63 Å². The molecule has 1 heterocycles. The lowest BCUT2D eigenvalue weighted by molar-refractivity contribution is 0.104. The first-order chi connectivity index (χ1) is 10.6. The topological polar surface area (TPSA) is 47.3 Å². The summed E-state index contributed by atoms with van der Waals surface area (Å²) in [6.45, 7) is 2.00. The van der Waals surface area contributed by atoms with E-state index in [1.54, 1.807) is 30.3 Å². The lowest BCUT2D eigenvalue weighted by Crippen LogP contribution is -2.11. The normalized spacial score (nSPS) is 11.1. The zero-order chi connectivity index (χ0) is 15.5. The third-order valence-electron chi connectivity index (χ3n) is 3.41. The van der Waals surface area contributed by atoms with Gasteiger partial charge in [-0.05, 0) is 30.7 Å². The number of hydrogen-bond donors (Lipinski definition) is 0. The summed E-state index contributed by atoms with van der Waals surface area (Å²) in [5, 5.41) is 0.731. The van der Waals surface area contributed by atoms with Crippen molar-refractivity contribution in [2.45, 2.75) is 6.92 Å². The summed E-state index contributed by atoms with van der Waals surface area (Å²) in [7, 11) is 0. The minimum atomic E-state index is -0.614. The van der Waals surface area contributed by atoms with E-state index in [0.717, 1.165) is 16.5 Å². The van der Waals surface area contributed by atoms with Gasteiger partial charge in [0.05, 0.1) is 0 Å². The van der Waals surface area contributed by atoms with Crippen LogP contribution in [-0.2, 0) is 0 Å². The molecule has 3 rings (SSSR count). The van der Waals surface area contributed by atoms with Crippen LogP contribution in [0.4, 0.5) is 0 Å². The monoisotopic (exact) mass is 290 g/mol. The summed E-state index contributed by atoms with van der Waals surface area (Å²) < 4.78 is 5.17. The van der Waals surface area contributed by atoms with Gasteiger partial charge >= 0.3 is 5.63 Å². The Morgan fingerprint density at radius 1 is 1.05 bits per heavy atom. The van der Waals surface area contributed by atoms with Gasteiger partial charge in [-0.25, -0.2) is 4.79 Å². The van der Waals surface area contributed by atoms with Crippen LogP contribution in [0, 0.1) is 6.92 Å². The molecule has 0 aliphatic rings. The Kier molecular flexibility index (Phi) is 3.71. The summed E-state index contributed by atoms with van der Waals surface area (Å²) in [6.07, 6.45) is 3.09. The van der Waals surface area contributed by atoms with Gasteiger partial charge in [0.25, 0.3) is 0 Å². The molecular formula is C19H14O3. The first kappa shape index (κ1) is 14.0. The van der Waals surface area contributed by atoms with Gasteiger partial charge in [-0.2, -0.15) is 0 Å². The van der Waals surface area contributed by atoms with Crippen molar-refractivity contribution in [2.75, 3.05) is 0 Å². The number of carbonyl (C=O) groups is 1. The SMILES string of the molecule is Cc1ccc(C=CC(=O)c2cc3ccccc3oc2=O)cc1. The van der Waals surface area contributed by atoms with Gasteiger partial charge in [0, 0.05) is 5.39 Å². The van der Waals surface area contributed by atoms with E-state index in [1.165, 1.54) is 6.08 Å². The lowest BCUT2D eigenvalue weighted by atomic mass is 10.1. The molecule has 0 amide bonds. The van der Waals surface area contributed by atoms with Gasteiger partial charge < -0.3 is 4.42 Å². The molecule has 0 N–H and O–H groups in total. The van der Waals surface area contributed by atoms with Gasteiger partial charge in [0.1, 0.15) is 11.1 Å². The van der Waals surface area contributed by atoms with Crippen LogP contribution in [0.3, 0.4) is 0 Å². The molecule has 0 atom stereocenters. The second-order valence-corrected chi connectivity index (χ2v) is 5.09. The fourth-order valence-electron chi connectivity index (χ4n) is 2.17. The molecule has 3 nitrogen and oxygen atoms in total. The molecule has 3 aromatic rings. The number of ketones is 1. The number of benzene rings is 2. The van der Waals surface area contributed by atoms with Gasteiger partial charge in [0.2, 0.25) is 0 Å². The molecular weight excluding hydrogens is 276 g/mol. The highest BCUT2D eigenvalue weighted by molar-refractivity contribution is 6.07. The van der Waals surface area contributed by atoms with Crippen molar-refractivity contribution in [3.8, 4) is 0 Å². The first-order valence-electron chi connectivity index (χ1n) is 6.95. The predicted octanol–water partition coefficient (Wildman–Crippen LogP) is 4.00. The van der Waals surface area contributed by atoms with Crippen LogP contribution in [0.2, 0.25) is 0 Å². The number of carbonyl (C=O) groups excluding carboxylic acids is 1. The quantitative estimate of drug-likeness (QED) is 0.416. The average Bonchev–Trinajstić information content (AvgIpc) is 2.53. The Hall–Kier alpha value is -2.94. The van der Waals surface area contributed by atoms with Gasteiger partial charge in [-0.1, -0.05) is 54.1 Å². The molecule has 108 valence electrons. The molecule has 1 aromatic heterocycles. The second kappa shape index (κ2) is 5.82. The van der Waals surface area contributed by atoms with Gasteiger partial charge in [0.15, 0.2) is 5.78 Å². The third kappa shape index (κ3) is 2.88. The Labute approximate surface area is 127 Å². The molecule has 0 fully saturated rings. The maximum atomic E-state index is 12.2. The zero-order valence-corrected chi connectivity index (χ0v) is 12.1. The Morgan fingerprint density at radius 2 is 1.77 bits per heavy atom. The number of hydrogen-bond acceptors (Lipinski definition) is 3. The summed E-state index contributed by atoms with van der Waals surface area (Å²) in [5.74, 6) is -0.361. The van der Waals surface area contributed by atoms with Crippen LogP contribution >= 0.6 is 0 Å². The number of para-hydroxylation sites is 1. The lowest BCUT2D eigenvalue weighted by Gasteiger charge is -1.99. The summed E-state index contributed by atoms with van der Waals surface area (Å²) in [6, 6.07) is 16.5. The Balaban J connectivity index is 1.93. The Bertz CT molecular complexity index is 915. The van der Waals surface area contributed by atoms with Crippen molar-refractivity contribution >= 4 is 22.8 Å². The molecule has 0 saturated heterocycles. The smallest absolute Gasteiger partial charge is 0.347 e. The van der Waals surface area contributed by atoms with E-state index in [0.29, 0.717) is 5.58 Å². The molecule has 3 heteroatoms. The van der Waals surface area contributed by atoms with Crippen molar-refractivity contribution in [1.29, 1.82) is 0 Å². The van der Waals surface area contributed by atoms with Crippen molar-refractivity contribution < 1.29 is 9.21 Å². The van der Waals surface area contributed by atoms with E-state index in [4.69, 9.17) is 4.42 Å². The van der Waals surface area contributed by atoms with Crippen LogP contribution in [-0.4, -0.2) is 5.78 Å². The van der Waals surface area contributed by atoms with Crippen LogP contribution in [0.5, 0.6) is 0 Å². The highest BCUT2D eigenvalue weighted by atomic mass is 16.4. The van der Waals surface area contributed by atoms with E-state index in [9.17, 15) is 9.59 Å². The fraction of sp³-hybridized carbons (Fsp3) is 0.0526. The number of allylic oxidation sites excluding steroid dienone is 1. The third-order valence-corrected chi connectivity index (χ3v) is 3.41. The van der Waals surface area contributed by atoms with E-state index in [2.05, 4.69) is 0 Å². The number of fused-ring (bicyclic) bond motifs is 1. The highest BCUT2D eigenvalue weighted by Crippen LogP contribution is 2.13. The molecule has 0 aliphatic carbocycles. The first-order valence-corrected chi connectivity index (χ1v) is 6.95. The predicted molar refractivity (Wildman–Crippen MR) is 87.0 cm³/mol. The summed E-state index contributed by atoms with van der Waals surface area (Å²) in [5.41, 5.74) is 1.97. The standard InChI is InChI=1S/C19H14O3/c1-13-6-8-14(9-7-13)10-11-17(20)16-12-15-4-2-3-5-18(15)22-19(16)21/h2-12H,1H3.